The molecule has 138 valence electrons. The summed E-state index contributed by atoms with van der Waals surface area (Å²) in [6.07, 6.45) is 0. The molecule has 3 aromatic rings. The third-order valence-corrected chi connectivity index (χ3v) is 3.91. The van der Waals surface area contributed by atoms with Gasteiger partial charge < -0.3 is 15.4 Å². The molecule has 0 aliphatic heterocycles. The molecule has 0 radical (unpaired) electrons. The first-order valence-corrected chi connectivity index (χ1v) is 8.81. The number of hydrogen-bond acceptors (Lipinski definition) is 5. The molecular formula is C21H22N4O2. The molecule has 2 aromatic carbocycles. The van der Waals surface area contributed by atoms with E-state index in [0.717, 1.165) is 17.0 Å². The molecule has 6 nitrogen and oxygen atoms in total. The first kappa shape index (κ1) is 18.4. The maximum Gasteiger partial charge on any atom is 0.272 e. The Balaban J connectivity index is 1.55. The Morgan fingerprint density at radius 2 is 1.70 bits per heavy atom. The van der Waals surface area contributed by atoms with Crippen LogP contribution in [-0.2, 0) is 6.54 Å². The minimum Gasteiger partial charge on any atom is -0.494 e. The summed E-state index contributed by atoms with van der Waals surface area (Å²) in [4.78, 5) is 12.2. The van der Waals surface area contributed by atoms with Crippen molar-refractivity contribution in [3.05, 3.63) is 77.5 Å². The minimum atomic E-state index is -0.254. The van der Waals surface area contributed by atoms with Gasteiger partial charge in [0.1, 0.15) is 5.75 Å². The Kier molecular flexibility index (Phi) is 5.99. The summed E-state index contributed by atoms with van der Waals surface area (Å²) < 4.78 is 5.41. The number of nitrogens with one attached hydrogen (secondary N) is 2. The van der Waals surface area contributed by atoms with E-state index in [-0.39, 0.29) is 11.6 Å². The summed E-state index contributed by atoms with van der Waals surface area (Å²) >= 11 is 0. The number of benzene rings is 2. The first-order chi connectivity index (χ1) is 13.1. The van der Waals surface area contributed by atoms with Crippen molar-refractivity contribution in [3.63, 3.8) is 0 Å². The molecule has 0 aliphatic carbocycles. The molecule has 0 unspecified atom stereocenters. The second kappa shape index (κ2) is 8.80. The van der Waals surface area contributed by atoms with Gasteiger partial charge in [0.25, 0.3) is 5.91 Å². The number of hydrogen-bond donors (Lipinski definition) is 2. The number of anilines is 2. The van der Waals surface area contributed by atoms with Crippen molar-refractivity contribution in [1.82, 2.24) is 15.5 Å². The molecule has 0 spiro atoms. The molecule has 3 rings (SSSR count). The van der Waals surface area contributed by atoms with Gasteiger partial charge in [0.05, 0.1) is 6.61 Å². The minimum absolute atomic E-state index is 0.254. The van der Waals surface area contributed by atoms with Crippen LogP contribution in [0.25, 0.3) is 0 Å². The molecule has 0 fully saturated rings. The molecule has 0 saturated heterocycles. The number of ether oxygens (including phenoxy) is 1. The average Bonchev–Trinajstić information content (AvgIpc) is 2.70. The highest BCUT2D eigenvalue weighted by atomic mass is 16.5. The molecule has 1 amide bonds. The van der Waals surface area contributed by atoms with Crippen molar-refractivity contribution in [1.29, 1.82) is 0 Å². The fourth-order valence-corrected chi connectivity index (χ4v) is 2.45. The Morgan fingerprint density at radius 3 is 2.33 bits per heavy atom. The number of nitrogens with zero attached hydrogens (tertiary/aromatic N) is 2. The lowest BCUT2D eigenvalue weighted by Crippen LogP contribution is -2.24. The van der Waals surface area contributed by atoms with Crippen molar-refractivity contribution in [2.75, 3.05) is 11.9 Å². The highest BCUT2D eigenvalue weighted by Gasteiger charge is 2.08. The number of carbonyl (C=O) groups is 1. The van der Waals surface area contributed by atoms with Crippen molar-refractivity contribution in [2.45, 2.75) is 20.4 Å². The summed E-state index contributed by atoms with van der Waals surface area (Å²) in [7, 11) is 0. The van der Waals surface area contributed by atoms with E-state index in [9.17, 15) is 4.79 Å². The summed E-state index contributed by atoms with van der Waals surface area (Å²) in [6, 6.07) is 18.9. The zero-order chi connectivity index (χ0) is 19.1. The van der Waals surface area contributed by atoms with Gasteiger partial charge in [-0.15, -0.1) is 10.2 Å². The molecule has 1 heterocycles. The van der Waals surface area contributed by atoms with Gasteiger partial charge in [0, 0.05) is 12.2 Å². The van der Waals surface area contributed by atoms with Crippen molar-refractivity contribution in [2.24, 2.45) is 0 Å². The Labute approximate surface area is 158 Å². The van der Waals surface area contributed by atoms with E-state index in [4.69, 9.17) is 4.74 Å². The van der Waals surface area contributed by atoms with Gasteiger partial charge in [0.15, 0.2) is 11.5 Å². The van der Waals surface area contributed by atoms with Crippen molar-refractivity contribution < 1.29 is 9.53 Å². The first-order valence-electron chi connectivity index (χ1n) is 8.81. The van der Waals surface area contributed by atoms with Gasteiger partial charge >= 0.3 is 0 Å². The smallest absolute Gasteiger partial charge is 0.272 e. The predicted molar refractivity (Wildman–Crippen MR) is 105 cm³/mol. The second-order valence-electron chi connectivity index (χ2n) is 6.05. The zero-order valence-corrected chi connectivity index (χ0v) is 15.4. The van der Waals surface area contributed by atoms with Crippen LogP contribution in [-0.4, -0.2) is 22.7 Å². The van der Waals surface area contributed by atoms with E-state index in [1.54, 1.807) is 12.1 Å². The van der Waals surface area contributed by atoms with Crippen LogP contribution in [0, 0.1) is 6.92 Å². The van der Waals surface area contributed by atoms with E-state index < -0.39 is 0 Å². The van der Waals surface area contributed by atoms with Crippen LogP contribution < -0.4 is 15.4 Å². The van der Waals surface area contributed by atoms with E-state index in [1.807, 2.05) is 62.4 Å². The van der Waals surface area contributed by atoms with Crippen LogP contribution in [0.5, 0.6) is 5.75 Å². The molecule has 27 heavy (non-hydrogen) atoms. The maximum atomic E-state index is 12.2. The number of amides is 1. The van der Waals surface area contributed by atoms with Crippen LogP contribution >= 0.6 is 0 Å². The quantitative estimate of drug-likeness (QED) is 0.667. The summed E-state index contributed by atoms with van der Waals surface area (Å²) in [5.41, 5.74) is 3.37. The SMILES string of the molecule is CCOc1ccc(Nc2ccc(C(=O)NCc3ccc(C)cc3)nn2)cc1. The molecule has 1 aromatic heterocycles. The Bertz CT molecular complexity index is 876. The van der Waals surface area contributed by atoms with Gasteiger partial charge in [-0.25, -0.2) is 0 Å². The number of rotatable bonds is 7. The lowest BCUT2D eigenvalue weighted by atomic mass is 10.1. The van der Waals surface area contributed by atoms with Gasteiger partial charge in [-0.1, -0.05) is 29.8 Å². The lowest BCUT2D eigenvalue weighted by molar-refractivity contribution is 0.0945. The lowest BCUT2D eigenvalue weighted by Gasteiger charge is -2.08. The largest absolute Gasteiger partial charge is 0.494 e. The van der Waals surface area contributed by atoms with Crippen molar-refractivity contribution in [3.8, 4) is 5.75 Å². The zero-order valence-electron chi connectivity index (χ0n) is 15.4. The molecule has 0 atom stereocenters. The molecule has 0 saturated carbocycles. The monoisotopic (exact) mass is 362 g/mol. The van der Waals surface area contributed by atoms with E-state index in [2.05, 4.69) is 20.8 Å². The molecule has 0 bridgehead atoms. The van der Waals surface area contributed by atoms with Gasteiger partial charge in [-0.2, -0.15) is 0 Å². The second-order valence-corrected chi connectivity index (χ2v) is 6.05. The summed E-state index contributed by atoms with van der Waals surface area (Å²) in [5, 5.41) is 14.1. The van der Waals surface area contributed by atoms with E-state index >= 15 is 0 Å². The number of aromatic nitrogens is 2. The van der Waals surface area contributed by atoms with E-state index in [1.165, 1.54) is 5.56 Å². The van der Waals surface area contributed by atoms with Crippen molar-refractivity contribution >= 4 is 17.4 Å². The fraction of sp³-hybridized carbons (Fsp3) is 0.190. The molecular weight excluding hydrogens is 340 g/mol. The Morgan fingerprint density at radius 1 is 0.963 bits per heavy atom. The van der Waals surface area contributed by atoms with Gasteiger partial charge in [-0.05, 0) is 55.8 Å². The van der Waals surface area contributed by atoms with E-state index in [0.29, 0.717) is 19.0 Å². The highest BCUT2D eigenvalue weighted by Crippen LogP contribution is 2.18. The molecule has 6 heteroatoms. The number of aryl methyl sites for hydroxylation is 1. The third-order valence-electron chi connectivity index (χ3n) is 3.91. The van der Waals surface area contributed by atoms with Crippen LogP contribution in [0.2, 0.25) is 0 Å². The fourth-order valence-electron chi connectivity index (χ4n) is 2.45. The van der Waals surface area contributed by atoms with Crippen LogP contribution in [0.15, 0.2) is 60.7 Å². The van der Waals surface area contributed by atoms with Crippen LogP contribution in [0.1, 0.15) is 28.5 Å². The van der Waals surface area contributed by atoms with Gasteiger partial charge in [0.2, 0.25) is 0 Å². The highest BCUT2D eigenvalue weighted by molar-refractivity contribution is 5.92. The third kappa shape index (κ3) is 5.28. The van der Waals surface area contributed by atoms with Crippen LogP contribution in [0.4, 0.5) is 11.5 Å². The summed E-state index contributed by atoms with van der Waals surface area (Å²) in [5.74, 6) is 1.12. The predicted octanol–water partition coefficient (Wildman–Crippen LogP) is 3.86. The van der Waals surface area contributed by atoms with Gasteiger partial charge in [-0.3, -0.25) is 4.79 Å². The molecule has 0 aliphatic rings. The normalized spacial score (nSPS) is 10.3. The van der Waals surface area contributed by atoms with Crippen LogP contribution in [0.3, 0.4) is 0 Å². The standard InChI is InChI=1S/C21H22N4O2/c1-3-27-18-10-8-17(9-11-18)23-20-13-12-19(24-25-20)21(26)22-14-16-6-4-15(2)5-7-16/h4-13H,3,14H2,1-2H3,(H,22,26)(H,23,25). The maximum absolute atomic E-state index is 12.2. The topological polar surface area (TPSA) is 76.1 Å². The number of carbonyl (C=O) groups excluding carboxylic acids is 1. The summed E-state index contributed by atoms with van der Waals surface area (Å²) in [6.45, 7) is 5.06. The average molecular weight is 362 g/mol. The Hall–Kier alpha value is -3.41. The molecule has 2 N–H and O–H groups in total.